The molecule has 0 aliphatic carbocycles. The second-order valence-corrected chi connectivity index (χ2v) is 5.04. The van der Waals surface area contributed by atoms with Crippen LogP contribution in [0.2, 0.25) is 0 Å². The van der Waals surface area contributed by atoms with Crippen LogP contribution in [0.3, 0.4) is 0 Å². The van der Waals surface area contributed by atoms with Gasteiger partial charge in [-0.1, -0.05) is 12.3 Å². The van der Waals surface area contributed by atoms with Gasteiger partial charge in [-0.15, -0.1) is 0 Å². The zero-order valence-corrected chi connectivity index (χ0v) is 16.3. The van der Waals surface area contributed by atoms with Gasteiger partial charge in [-0.05, 0) is 23.2 Å². The predicted octanol–water partition coefficient (Wildman–Crippen LogP) is 4.72. The van der Waals surface area contributed by atoms with E-state index in [9.17, 15) is 17.6 Å². The van der Waals surface area contributed by atoms with Crippen molar-refractivity contribution in [2.24, 2.45) is 0 Å². The molecule has 0 amide bonds. The number of halogens is 5. The van der Waals surface area contributed by atoms with Crippen molar-refractivity contribution >= 4 is 17.3 Å². The Morgan fingerprint density at radius 1 is 1.29 bits per heavy atom. The Kier molecular flexibility index (Phi) is 7.97. The summed E-state index contributed by atoms with van der Waals surface area (Å²) in [5, 5.41) is 0.0705. The molecule has 0 saturated heterocycles. The maximum atomic E-state index is 14.3. The van der Waals surface area contributed by atoms with E-state index >= 15 is 0 Å². The standard InChI is InChI=1S/C16H13ClF4NO.Y/c1-3-23-10-6-12(18)16(13(19)7-10)14-5-4-11(17)9(2)22(14)8-15(20)21;/h4,6-7,15H,2-3,8H2,1H3;/q-1;. The third kappa shape index (κ3) is 4.61. The smallest absolute Gasteiger partial charge is 0.256 e. The monoisotopic (exact) mass is 435 g/mol. The summed E-state index contributed by atoms with van der Waals surface area (Å²) in [6.07, 6.45) is 1.02. The minimum Gasteiger partial charge on any atom is -0.494 e. The molecule has 1 aromatic carbocycles. The Hall–Kier alpha value is -0.846. The number of benzene rings is 1. The van der Waals surface area contributed by atoms with E-state index < -0.39 is 30.2 Å². The summed E-state index contributed by atoms with van der Waals surface area (Å²) < 4.78 is 59.2. The fraction of sp³-hybridized carbons (Fsp3) is 0.250. The second-order valence-electron chi connectivity index (χ2n) is 4.63. The molecule has 8 heteroatoms. The van der Waals surface area contributed by atoms with Crippen LogP contribution in [0.15, 0.2) is 35.5 Å². The van der Waals surface area contributed by atoms with Crippen molar-refractivity contribution in [3.63, 3.8) is 0 Å². The van der Waals surface area contributed by atoms with Crippen LogP contribution in [-0.4, -0.2) is 24.5 Å². The zero-order valence-electron chi connectivity index (χ0n) is 12.8. The quantitative estimate of drug-likeness (QED) is 0.490. The van der Waals surface area contributed by atoms with Crippen LogP contribution >= 0.6 is 11.6 Å². The molecule has 0 N–H and O–H groups in total. The van der Waals surface area contributed by atoms with Crippen molar-refractivity contribution in [1.82, 2.24) is 4.90 Å². The van der Waals surface area contributed by atoms with Crippen LogP contribution in [0.5, 0.6) is 5.75 Å². The summed E-state index contributed by atoms with van der Waals surface area (Å²) in [5.41, 5.74) is -0.665. The minimum atomic E-state index is -2.75. The number of ether oxygens (including phenoxy) is 1. The first-order valence-electron chi connectivity index (χ1n) is 6.71. The Morgan fingerprint density at radius 2 is 1.88 bits per heavy atom. The van der Waals surface area contributed by atoms with Gasteiger partial charge in [0.25, 0.3) is 6.43 Å². The molecule has 0 unspecified atom stereocenters. The number of hydrogen-bond donors (Lipinski definition) is 0. The van der Waals surface area contributed by atoms with Crippen LogP contribution in [0, 0.1) is 17.7 Å². The number of nitrogens with zero attached hydrogens (tertiary/aromatic N) is 1. The number of hydrogen-bond acceptors (Lipinski definition) is 2. The fourth-order valence-electron chi connectivity index (χ4n) is 2.13. The SMILES string of the molecule is C=C1C(Cl)=C[C-]=C(c2c(F)cc(OCC)cc2F)N1CC(F)F.[Y]. The fourth-order valence-corrected chi connectivity index (χ4v) is 2.29. The number of allylic oxidation sites excluding steroid dienone is 3. The van der Waals surface area contributed by atoms with Crippen LogP contribution in [0.1, 0.15) is 12.5 Å². The molecule has 1 aliphatic rings. The van der Waals surface area contributed by atoms with Gasteiger partial charge in [0, 0.05) is 44.8 Å². The first kappa shape index (κ1) is 21.2. The van der Waals surface area contributed by atoms with E-state index in [0.717, 1.165) is 17.0 Å². The van der Waals surface area contributed by atoms with Crippen molar-refractivity contribution < 1.29 is 55.0 Å². The van der Waals surface area contributed by atoms with E-state index in [1.54, 1.807) is 6.92 Å². The first-order chi connectivity index (χ1) is 10.8. The molecule has 0 saturated carbocycles. The van der Waals surface area contributed by atoms with Crippen molar-refractivity contribution in [3.8, 4) is 5.75 Å². The van der Waals surface area contributed by atoms with Gasteiger partial charge in [-0.2, -0.15) is 23.8 Å². The largest absolute Gasteiger partial charge is 0.494 e. The Labute approximate surface area is 167 Å². The molecule has 0 spiro atoms. The van der Waals surface area contributed by atoms with Crippen LogP contribution in [0.25, 0.3) is 5.70 Å². The van der Waals surface area contributed by atoms with Gasteiger partial charge in [0.15, 0.2) is 0 Å². The molecule has 1 aliphatic heterocycles. The summed E-state index contributed by atoms with van der Waals surface area (Å²) in [4.78, 5) is 0.939. The molecule has 1 heterocycles. The number of alkyl halides is 2. The van der Waals surface area contributed by atoms with Gasteiger partial charge >= 0.3 is 0 Å². The van der Waals surface area contributed by atoms with E-state index in [4.69, 9.17) is 16.3 Å². The minimum absolute atomic E-state index is 0. The van der Waals surface area contributed by atoms with E-state index in [-0.39, 0.29) is 61.5 Å². The van der Waals surface area contributed by atoms with Gasteiger partial charge in [0.05, 0.1) is 24.8 Å². The van der Waals surface area contributed by atoms with Crippen LogP contribution < -0.4 is 4.74 Å². The Balaban J connectivity index is 0.00000288. The maximum Gasteiger partial charge on any atom is 0.256 e. The van der Waals surface area contributed by atoms with E-state index in [1.165, 1.54) is 6.08 Å². The average Bonchev–Trinajstić information content (AvgIpc) is 2.45. The normalized spacial score (nSPS) is 14.3. The summed E-state index contributed by atoms with van der Waals surface area (Å²) in [6.45, 7) is 4.67. The van der Waals surface area contributed by atoms with Gasteiger partial charge in [0.1, 0.15) is 5.75 Å². The van der Waals surface area contributed by atoms with E-state index in [0.29, 0.717) is 0 Å². The maximum absolute atomic E-state index is 14.3. The summed E-state index contributed by atoms with van der Waals surface area (Å²) in [7, 11) is 0. The zero-order chi connectivity index (χ0) is 17.1. The molecule has 1 radical (unpaired) electrons. The molecular weight excluding hydrogens is 423 g/mol. The summed E-state index contributed by atoms with van der Waals surface area (Å²) in [5.74, 6) is -1.89. The van der Waals surface area contributed by atoms with Gasteiger partial charge < -0.3 is 9.64 Å². The Bertz CT molecular complexity index is 668. The third-order valence-electron chi connectivity index (χ3n) is 3.09. The van der Waals surface area contributed by atoms with Crippen LogP contribution in [-0.2, 0) is 32.7 Å². The molecule has 1 aromatic rings. The third-order valence-corrected chi connectivity index (χ3v) is 3.42. The van der Waals surface area contributed by atoms with E-state index in [1.807, 2.05) is 0 Å². The number of rotatable bonds is 5. The van der Waals surface area contributed by atoms with Crippen LogP contribution in [0.4, 0.5) is 17.6 Å². The molecule has 2 rings (SSSR count). The van der Waals surface area contributed by atoms with Gasteiger partial charge in [0.2, 0.25) is 0 Å². The van der Waals surface area contributed by atoms with E-state index in [2.05, 4.69) is 12.7 Å². The molecule has 127 valence electrons. The topological polar surface area (TPSA) is 12.5 Å². The van der Waals surface area contributed by atoms with Crippen molar-refractivity contribution in [1.29, 1.82) is 0 Å². The molecule has 0 atom stereocenters. The molecular formula is C16H13ClF4NOY-. The van der Waals surface area contributed by atoms with Gasteiger partial charge in [-0.25, -0.2) is 17.6 Å². The summed E-state index contributed by atoms with van der Waals surface area (Å²) >= 11 is 5.84. The van der Waals surface area contributed by atoms with Crippen molar-refractivity contribution in [2.45, 2.75) is 13.3 Å². The summed E-state index contributed by atoms with van der Waals surface area (Å²) in [6, 6.07) is 1.97. The second kappa shape index (κ2) is 9.02. The molecule has 2 nitrogen and oxygen atoms in total. The average molecular weight is 436 g/mol. The van der Waals surface area contributed by atoms with Crippen molar-refractivity contribution in [2.75, 3.05) is 13.2 Å². The molecule has 0 fully saturated rings. The van der Waals surface area contributed by atoms with Crippen molar-refractivity contribution in [3.05, 3.63) is 58.8 Å². The molecule has 0 bridgehead atoms. The molecule has 0 aromatic heterocycles. The molecule has 24 heavy (non-hydrogen) atoms. The Morgan fingerprint density at radius 3 is 2.38 bits per heavy atom. The van der Waals surface area contributed by atoms with Gasteiger partial charge in [-0.3, -0.25) is 0 Å². The predicted molar refractivity (Wildman–Crippen MR) is 80.0 cm³/mol. The first-order valence-corrected chi connectivity index (χ1v) is 7.09.